The van der Waals surface area contributed by atoms with E-state index >= 15 is 0 Å². The number of alkyl halides is 3. The van der Waals surface area contributed by atoms with E-state index in [0.717, 1.165) is 82.8 Å². The first-order valence-electron chi connectivity index (χ1n) is 17.0. The predicted octanol–water partition coefficient (Wildman–Crippen LogP) is 7.80. The van der Waals surface area contributed by atoms with Gasteiger partial charge in [0.2, 0.25) is 0 Å². The number of amides is 1. The monoisotopic (exact) mass is 736 g/mol. The second kappa shape index (κ2) is 14.0. The van der Waals surface area contributed by atoms with Gasteiger partial charge in [-0.1, -0.05) is 42.5 Å². The highest BCUT2D eigenvalue weighted by Crippen LogP contribution is 2.47. The maximum absolute atomic E-state index is 14.8. The van der Waals surface area contributed by atoms with Gasteiger partial charge in [-0.15, -0.1) is 0 Å². The first-order valence-corrected chi connectivity index (χ1v) is 17.8. The molecule has 2 saturated heterocycles. The third-order valence-corrected chi connectivity index (χ3v) is 10.7. The van der Waals surface area contributed by atoms with Crippen LogP contribution < -0.4 is 10.1 Å². The van der Waals surface area contributed by atoms with Crippen LogP contribution in [0.4, 0.5) is 13.2 Å². The summed E-state index contributed by atoms with van der Waals surface area (Å²) in [5.74, 6) is 0.279. The fourth-order valence-electron chi connectivity index (χ4n) is 7.35. The number of morpholine rings is 1. The number of halogens is 4. The van der Waals surface area contributed by atoms with Gasteiger partial charge >= 0.3 is 6.18 Å². The maximum atomic E-state index is 14.8. The molecule has 3 fully saturated rings. The van der Waals surface area contributed by atoms with Crippen molar-refractivity contribution in [3.05, 3.63) is 93.5 Å². The zero-order valence-electron chi connectivity index (χ0n) is 27.5. The highest BCUT2D eigenvalue weighted by atomic mass is 79.9. The van der Waals surface area contributed by atoms with Gasteiger partial charge < -0.3 is 14.8 Å². The number of rotatable bonds is 9. The molecule has 0 unspecified atom stereocenters. The highest BCUT2D eigenvalue weighted by Gasteiger charge is 2.46. The molecular formula is C38H40BrF3N4O3. The highest BCUT2D eigenvalue weighted by molar-refractivity contribution is 9.10. The average Bonchev–Trinajstić information content (AvgIpc) is 3.89. The molecule has 0 radical (unpaired) electrons. The van der Waals surface area contributed by atoms with Gasteiger partial charge in [0.15, 0.2) is 0 Å². The molecule has 0 atom stereocenters. The first kappa shape index (κ1) is 34.0. The molecule has 258 valence electrons. The lowest BCUT2D eigenvalue weighted by molar-refractivity contribution is -0.137. The zero-order chi connectivity index (χ0) is 34.2. The van der Waals surface area contributed by atoms with Crippen LogP contribution in [0.25, 0.3) is 22.2 Å². The Morgan fingerprint density at radius 1 is 1.02 bits per heavy atom. The summed E-state index contributed by atoms with van der Waals surface area (Å²) in [6, 6.07) is 19.2. The lowest BCUT2D eigenvalue weighted by Gasteiger charge is -2.40. The Morgan fingerprint density at radius 2 is 1.76 bits per heavy atom. The minimum atomic E-state index is -4.53. The molecular weight excluding hydrogens is 697 g/mol. The molecule has 1 aromatic heterocycles. The largest absolute Gasteiger partial charge is 0.494 e. The van der Waals surface area contributed by atoms with Crippen LogP contribution in [0.2, 0.25) is 0 Å². The minimum absolute atomic E-state index is 0.273. The van der Waals surface area contributed by atoms with Crippen LogP contribution in [-0.2, 0) is 23.0 Å². The van der Waals surface area contributed by atoms with Crippen LogP contribution in [0.5, 0.6) is 5.75 Å². The molecule has 1 saturated carbocycles. The molecule has 3 aromatic carbocycles. The van der Waals surface area contributed by atoms with Crippen molar-refractivity contribution in [1.82, 2.24) is 20.1 Å². The second-order valence-electron chi connectivity index (χ2n) is 13.2. The molecule has 7 rings (SSSR count). The van der Waals surface area contributed by atoms with Crippen LogP contribution in [0.1, 0.15) is 59.7 Å². The summed E-state index contributed by atoms with van der Waals surface area (Å²) in [7, 11) is 0. The summed E-state index contributed by atoms with van der Waals surface area (Å²) in [5, 5.41) is 3.98. The molecule has 1 amide bonds. The maximum Gasteiger partial charge on any atom is 0.416 e. The van der Waals surface area contributed by atoms with Crippen molar-refractivity contribution in [1.29, 1.82) is 0 Å². The van der Waals surface area contributed by atoms with Crippen molar-refractivity contribution in [2.24, 2.45) is 0 Å². The number of piperidine rings is 1. The standard InChI is InChI=1S/C38H40BrF3N4O3/c1-2-49-29-22-31(39)34-32(23-29)43-35(25-7-6-10-27(21-25)38(40,41)42)30(24-45-15-11-28(12-16-45)46-17-19-48-20-18-46)33(34)36(47)44-37(13-14-37)26-8-4-3-5-9-26/h3-10,21-23,28H,2,11-20,24H2,1H3,(H,44,47). The average molecular weight is 738 g/mol. The number of fused-ring (bicyclic) bond motifs is 1. The van der Waals surface area contributed by atoms with E-state index in [1.54, 1.807) is 12.1 Å². The van der Waals surface area contributed by atoms with Crippen LogP contribution in [-0.4, -0.2) is 72.7 Å². The predicted molar refractivity (Wildman–Crippen MR) is 187 cm³/mol. The van der Waals surface area contributed by atoms with Crippen molar-refractivity contribution >= 4 is 32.7 Å². The number of benzene rings is 3. The van der Waals surface area contributed by atoms with Gasteiger partial charge in [0, 0.05) is 52.7 Å². The quantitative estimate of drug-likeness (QED) is 0.189. The Hall–Kier alpha value is -3.51. The van der Waals surface area contributed by atoms with Gasteiger partial charge in [-0.3, -0.25) is 14.6 Å². The molecule has 0 spiro atoms. The summed E-state index contributed by atoms with van der Waals surface area (Å²) < 4.78 is 54.1. The summed E-state index contributed by atoms with van der Waals surface area (Å²) in [4.78, 5) is 24.6. The van der Waals surface area contributed by atoms with E-state index in [1.165, 1.54) is 6.07 Å². The Kier molecular flexibility index (Phi) is 9.71. The van der Waals surface area contributed by atoms with Crippen molar-refractivity contribution < 1.29 is 27.4 Å². The Labute approximate surface area is 292 Å². The number of nitrogens with one attached hydrogen (secondary N) is 1. The number of hydrogen-bond donors (Lipinski definition) is 1. The topological polar surface area (TPSA) is 66.9 Å². The van der Waals surface area contributed by atoms with Gasteiger partial charge in [-0.05, 0) is 85.4 Å². The Balaban J connectivity index is 1.36. The molecule has 4 aromatic rings. The SMILES string of the molecule is CCOc1cc(Br)c2c(C(=O)NC3(c4ccccc4)CC3)c(CN3CCC(N4CCOCC4)CC3)c(-c3cccc(C(F)(F)F)c3)nc2c1. The van der Waals surface area contributed by atoms with Crippen LogP contribution in [0, 0.1) is 0 Å². The van der Waals surface area contributed by atoms with Crippen LogP contribution in [0.3, 0.4) is 0 Å². The van der Waals surface area contributed by atoms with Gasteiger partial charge in [-0.25, -0.2) is 4.98 Å². The number of hydrogen-bond acceptors (Lipinski definition) is 6. The normalized spacial score (nSPS) is 18.8. The van der Waals surface area contributed by atoms with Gasteiger partial charge in [0.25, 0.3) is 5.91 Å². The summed E-state index contributed by atoms with van der Waals surface area (Å²) in [6.45, 7) is 7.58. The summed E-state index contributed by atoms with van der Waals surface area (Å²) in [6.07, 6.45) is -1.02. The lowest BCUT2D eigenvalue weighted by atomic mass is 9.93. The minimum Gasteiger partial charge on any atom is -0.494 e. The zero-order valence-corrected chi connectivity index (χ0v) is 29.1. The van der Waals surface area contributed by atoms with Crippen LogP contribution in [0.15, 0.2) is 71.2 Å². The molecule has 1 aliphatic carbocycles. The van der Waals surface area contributed by atoms with E-state index in [4.69, 9.17) is 14.5 Å². The van der Waals surface area contributed by atoms with E-state index in [1.807, 2.05) is 43.3 Å². The molecule has 1 N–H and O–H groups in total. The van der Waals surface area contributed by atoms with Gasteiger partial charge in [0.1, 0.15) is 5.75 Å². The van der Waals surface area contributed by atoms with Gasteiger partial charge in [0.05, 0.1) is 47.7 Å². The van der Waals surface area contributed by atoms with Crippen LogP contribution >= 0.6 is 15.9 Å². The van der Waals surface area contributed by atoms with Crippen molar-refractivity contribution in [3.8, 4) is 17.0 Å². The lowest BCUT2D eigenvalue weighted by Crippen LogP contribution is -2.48. The second-order valence-corrected chi connectivity index (χ2v) is 14.0. The smallest absolute Gasteiger partial charge is 0.416 e. The van der Waals surface area contributed by atoms with Crippen molar-refractivity contribution in [2.75, 3.05) is 46.0 Å². The Bertz CT molecular complexity index is 1820. The van der Waals surface area contributed by atoms with E-state index < -0.39 is 17.3 Å². The van der Waals surface area contributed by atoms with Crippen molar-refractivity contribution in [3.63, 3.8) is 0 Å². The number of nitrogens with zero attached hydrogens (tertiary/aromatic N) is 3. The Morgan fingerprint density at radius 3 is 2.43 bits per heavy atom. The number of carbonyl (C=O) groups excluding carboxylic acids is 1. The number of ether oxygens (including phenoxy) is 2. The number of pyridine rings is 1. The third-order valence-electron chi connectivity index (χ3n) is 10.0. The van der Waals surface area contributed by atoms with E-state index in [0.29, 0.717) is 62.7 Å². The van der Waals surface area contributed by atoms with Crippen molar-refractivity contribution in [2.45, 2.75) is 56.9 Å². The van der Waals surface area contributed by atoms with E-state index in [-0.39, 0.29) is 5.91 Å². The molecule has 7 nitrogen and oxygen atoms in total. The van der Waals surface area contributed by atoms with Gasteiger partial charge in [-0.2, -0.15) is 13.2 Å². The molecule has 49 heavy (non-hydrogen) atoms. The molecule has 0 bridgehead atoms. The summed E-state index contributed by atoms with van der Waals surface area (Å²) in [5.41, 5.74) is 1.94. The third kappa shape index (κ3) is 7.22. The fourth-order valence-corrected chi connectivity index (χ4v) is 7.98. The fraction of sp³-hybridized carbons (Fsp3) is 0.421. The van der Waals surface area contributed by atoms with E-state index in [9.17, 15) is 18.0 Å². The number of aromatic nitrogens is 1. The number of likely N-dealkylation sites (tertiary alicyclic amines) is 1. The first-order chi connectivity index (χ1) is 23.6. The molecule has 3 aliphatic rings. The summed E-state index contributed by atoms with van der Waals surface area (Å²) >= 11 is 3.73. The number of carbonyl (C=O) groups is 1. The molecule has 11 heteroatoms. The molecule has 2 aliphatic heterocycles. The molecule has 3 heterocycles. The van der Waals surface area contributed by atoms with E-state index in [2.05, 4.69) is 31.0 Å².